The van der Waals surface area contributed by atoms with Crippen molar-refractivity contribution in [3.05, 3.63) is 70.4 Å². The van der Waals surface area contributed by atoms with E-state index in [-0.39, 0.29) is 16.3 Å². The number of nitrogens with zero attached hydrogens (tertiary/aromatic N) is 1. The molecule has 6 nitrogen and oxygen atoms in total. The van der Waals surface area contributed by atoms with Crippen molar-refractivity contribution in [2.75, 3.05) is 17.3 Å². The van der Waals surface area contributed by atoms with E-state index < -0.39 is 17.8 Å². The molecular formula is C22H21ClN2O4. The summed E-state index contributed by atoms with van der Waals surface area (Å²) in [4.78, 5) is 38.5. The van der Waals surface area contributed by atoms with Gasteiger partial charge >= 0.3 is 5.97 Å². The summed E-state index contributed by atoms with van der Waals surface area (Å²) in [6.45, 7) is 2.12. The number of rotatable bonds is 7. The summed E-state index contributed by atoms with van der Waals surface area (Å²) in [6, 6.07) is 13.8. The molecule has 0 aliphatic carbocycles. The SMILES string of the molecule is CCCCc1ccc(N2C(=O)C(Cl)=C(Nc3ccccc3C(=O)OC)C2=O)cc1. The maximum atomic E-state index is 12.9. The quantitative estimate of drug-likeness (QED) is 0.543. The van der Waals surface area contributed by atoms with Crippen LogP contribution in [-0.4, -0.2) is 24.9 Å². The lowest BCUT2D eigenvalue weighted by atomic mass is 10.1. The van der Waals surface area contributed by atoms with E-state index in [2.05, 4.69) is 12.2 Å². The highest BCUT2D eigenvalue weighted by molar-refractivity contribution is 6.53. The summed E-state index contributed by atoms with van der Waals surface area (Å²) in [5, 5.41) is 2.60. The Bertz CT molecular complexity index is 983. The van der Waals surface area contributed by atoms with Crippen molar-refractivity contribution in [3.63, 3.8) is 0 Å². The molecule has 0 radical (unpaired) electrons. The average molecular weight is 413 g/mol. The Hall–Kier alpha value is -3.12. The summed E-state index contributed by atoms with van der Waals surface area (Å²) in [5.41, 5.74) is 2.05. The number of unbranched alkanes of at least 4 members (excludes halogenated alkanes) is 1. The maximum Gasteiger partial charge on any atom is 0.339 e. The van der Waals surface area contributed by atoms with Crippen molar-refractivity contribution < 1.29 is 19.1 Å². The first-order chi connectivity index (χ1) is 14.0. The van der Waals surface area contributed by atoms with Gasteiger partial charge in [-0.05, 0) is 42.7 Å². The number of amides is 2. The van der Waals surface area contributed by atoms with Crippen molar-refractivity contribution >= 4 is 40.8 Å². The lowest BCUT2D eigenvalue weighted by Gasteiger charge is -2.16. The number of ether oxygens (including phenoxy) is 1. The molecule has 0 aromatic heterocycles. The molecule has 0 saturated carbocycles. The van der Waals surface area contributed by atoms with Crippen molar-refractivity contribution in [1.82, 2.24) is 0 Å². The third kappa shape index (κ3) is 4.17. The van der Waals surface area contributed by atoms with Crippen molar-refractivity contribution in [2.45, 2.75) is 26.2 Å². The zero-order valence-electron chi connectivity index (χ0n) is 16.2. The predicted molar refractivity (Wildman–Crippen MR) is 112 cm³/mol. The van der Waals surface area contributed by atoms with Gasteiger partial charge in [-0.1, -0.05) is 49.2 Å². The minimum Gasteiger partial charge on any atom is -0.465 e. The molecule has 0 bridgehead atoms. The van der Waals surface area contributed by atoms with E-state index in [9.17, 15) is 14.4 Å². The van der Waals surface area contributed by atoms with Crippen LogP contribution in [0.15, 0.2) is 59.3 Å². The number of hydrogen-bond acceptors (Lipinski definition) is 5. The first kappa shape index (κ1) is 20.6. The average Bonchev–Trinajstić information content (AvgIpc) is 2.95. The van der Waals surface area contributed by atoms with Gasteiger partial charge in [0, 0.05) is 0 Å². The Balaban J connectivity index is 1.85. The first-order valence-electron chi connectivity index (χ1n) is 9.29. The number of nitrogens with one attached hydrogen (secondary N) is 1. The number of methoxy groups -OCH3 is 1. The highest BCUT2D eigenvalue weighted by Crippen LogP contribution is 2.31. The number of anilines is 2. The molecule has 0 spiro atoms. The number of carbonyl (C=O) groups excluding carboxylic acids is 3. The number of carbonyl (C=O) groups is 3. The molecule has 0 atom stereocenters. The van der Waals surface area contributed by atoms with Gasteiger partial charge in [-0.3, -0.25) is 9.59 Å². The van der Waals surface area contributed by atoms with Gasteiger partial charge < -0.3 is 10.1 Å². The Morgan fingerprint density at radius 3 is 2.41 bits per heavy atom. The molecule has 2 amide bonds. The second-order valence-corrected chi connectivity index (χ2v) is 6.94. The standard InChI is InChI=1S/C22H21ClN2O4/c1-3-4-7-14-10-12-15(13-11-14)25-20(26)18(23)19(21(25)27)24-17-9-6-5-8-16(17)22(28)29-2/h5-6,8-13,24H,3-4,7H2,1-2H3. The van der Waals surface area contributed by atoms with E-state index in [4.69, 9.17) is 16.3 Å². The lowest BCUT2D eigenvalue weighted by Crippen LogP contribution is -2.32. The third-order valence-electron chi connectivity index (χ3n) is 4.63. The molecule has 1 aliphatic heterocycles. The van der Waals surface area contributed by atoms with Crippen LogP contribution >= 0.6 is 11.6 Å². The number of aryl methyl sites for hydroxylation is 1. The molecule has 150 valence electrons. The molecule has 1 N–H and O–H groups in total. The molecule has 1 aliphatic rings. The topological polar surface area (TPSA) is 75.7 Å². The second kappa shape index (κ2) is 8.92. The minimum absolute atomic E-state index is 0.0805. The fourth-order valence-corrected chi connectivity index (χ4v) is 3.27. The van der Waals surface area contributed by atoms with Crippen molar-refractivity contribution in [2.24, 2.45) is 0 Å². The normalized spacial score (nSPS) is 13.8. The molecular weight excluding hydrogens is 392 g/mol. The fourth-order valence-electron chi connectivity index (χ4n) is 3.05. The Kier molecular flexibility index (Phi) is 6.34. The first-order valence-corrected chi connectivity index (χ1v) is 9.67. The summed E-state index contributed by atoms with van der Waals surface area (Å²) in [5.74, 6) is -1.77. The second-order valence-electron chi connectivity index (χ2n) is 6.57. The predicted octanol–water partition coefficient (Wildman–Crippen LogP) is 4.25. The van der Waals surface area contributed by atoms with Gasteiger partial charge in [0.15, 0.2) is 0 Å². The highest BCUT2D eigenvalue weighted by atomic mass is 35.5. The number of hydrogen-bond donors (Lipinski definition) is 1. The van der Waals surface area contributed by atoms with Crippen LogP contribution in [0, 0.1) is 0 Å². The van der Waals surface area contributed by atoms with Gasteiger partial charge in [0.2, 0.25) is 0 Å². The van der Waals surface area contributed by atoms with E-state index in [1.54, 1.807) is 36.4 Å². The van der Waals surface area contributed by atoms with Crippen LogP contribution in [0.4, 0.5) is 11.4 Å². The molecule has 0 saturated heterocycles. The number of halogens is 1. The molecule has 29 heavy (non-hydrogen) atoms. The monoisotopic (exact) mass is 412 g/mol. The Labute approximate surface area is 174 Å². The molecule has 1 heterocycles. The van der Waals surface area contributed by atoms with Crippen LogP contribution in [0.2, 0.25) is 0 Å². The van der Waals surface area contributed by atoms with Crippen LogP contribution < -0.4 is 10.2 Å². The molecule has 0 unspecified atom stereocenters. The molecule has 2 aromatic carbocycles. The third-order valence-corrected chi connectivity index (χ3v) is 4.98. The maximum absolute atomic E-state index is 12.9. The van der Waals surface area contributed by atoms with Crippen molar-refractivity contribution in [3.8, 4) is 0 Å². The highest BCUT2D eigenvalue weighted by Gasteiger charge is 2.39. The summed E-state index contributed by atoms with van der Waals surface area (Å²) >= 11 is 6.17. The summed E-state index contributed by atoms with van der Waals surface area (Å²) < 4.78 is 4.76. The largest absolute Gasteiger partial charge is 0.465 e. The van der Waals surface area contributed by atoms with Crippen LogP contribution in [0.25, 0.3) is 0 Å². The Morgan fingerprint density at radius 1 is 1.07 bits per heavy atom. The van der Waals surface area contributed by atoms with Crippen LogP contribution in [0.3, 0.4) is 0 Å². The van der Waals surface area contributed by atoms with Crippen LogP contribution in [-0.2, 0) is 20.7 Å². The van der Waals surface area contributed by atoms with E-state index in [1.807, 2.05) is 12.1 Å². The van der Waals surface area contributed by atoms with Gasteiger partial charge in [-0.15, -0.1) is 0 Å². The van der Waals surface area contributed by atoms with Gasteiger partial charge in [-0.25, -0.2) is 9.69 Å². The van der Waals surface area contributed by atoms with Gasteiger partial charge in [-0.2, -0.15) is 0 Å². The van der Waals surface area contributed by atoms with E-state index in [0.717, 1.165) is 29.7 Å². The Morgan fingerprint density at radius 2 is 1.76 bits per heavy atom. The molecule has 0 fully saturated rings. The number of imide groups is 1. The van der Waals surface area contributed by atoms with Gasteiger partial charge in [0.05, 0.1) is 24.0 Å². The zero-order valence-corrected chi connectivity index (χ0v) is 17.0. The minimum atomic E-state index is -0.615. The number of esters is 1. The number of para-hydroxylation sites is 1. The lowest BCUT2D eigenvalue weighted by molar-refractivity contribution is -0.120. The van der Waals surface area contributed by atoms with Gasteiger partial charge in [0.25, 0.3) is 11.8 Å². The fraction of sp³-hybridized carbons (Fsp3) is 0.227. The summed E-state index contributed by atoms with van der Waals surface area (Å²) in [7, 11) is 1.27. The number of benzene rings is 2. The van der Waals surface area contributed by atoms with E-state index in [1.165, 1.54) is 7.11 Å². The molecule has 3 rings (SSSR count). The van der Waals surface area contributed by atoms with Gasteiger partial charge in [0.1, 0.15) is 10.7 Å². The van der Waals surface area contributed by atoms with E-state index >= 15 is 0 Å². The summed E-state index contributed by atoms with van der Waals surface area (Å²) in [6.07, 6.45) is 3.10. The smallest absolute Gasteiger partial charge is 0.339 e. The molecule has 2 aromatic rings. The van der Waals surface area contributed by atoms with Crippen molar-refractivity contribution in [1.29, 1.82) is 0 Å². The zero-order chi connectivity index (χ0) is 21.0. The van der Waals surface area contributed by atoms with Crippen LogP contribution in [0.5, 0.6) is 0 Å². The van der Waals surface area contributed by atoms with Crippen LogP contribution in [0.1, 0.15) is 35.7 Å². The van der Waals surface area contributed by atoms with E-state index in [0.29, 0.717) is 11.4 Å². The molecule has 7 heteroatoms.